The van der Waals surface area contributed by atoms with E-state index in [1.165, 1.54) is 24.9 Å². The molecule has 0 saturated carbocycles. The third-order valence-corrected chi connectivity index (χ3v) is 4.36. The summed E-state index contributed by atoms with van der Waals surface area (Å²) in [6.07, 6.45) is 3.18. The van der Waals surface area contributed by atoms with Crippen molar-refractivity contribution in [3.8, 4) is 0 Å². The van der Waals surface area contributed by atoms with Crippen molar-refractivity contribution in [3.05, 3.63) is 53.6 Å². The van der Waals surface area contributed by atoms with E-state index in [2.05, 4.69) is 4.74 Å². The average Bonchev–Trinajstić information content (AvgIpc) is 2.59. The first-order valence-electron chi connectivity index (χ1n) is 6.43. The maximum atomic E-state index is 12.0. The monoisotopic (exact) mass is 318 g/mol. The molecule has 1 aliphatic heterocycles. The van der Waals surface area contributed by atoms with Crippen molar-refractivity contribution < 1.29 is 23.9 Å². The predicted octanol–water partition coefficient (Wildman–Crippen LogP) is 1.98. The third-order valence-electron chi connectivity index (χ3n) is 3.05. The van der Waals surface area contributed by atoms with Gasteiger partial charge in [-0.3, -0.25) is 9.59 Å². The van der Waals surface area contributed by atoms with Crippen LogP contribution in [0.5, 0.6) is 0 Å². The van der Waals surface area contributed by atoms with Gasteiger partial charge in [-0.05, 0) is 11.6 Å². The molecule has 22 heavy (non-hydrogen) atoms. The van der Waals surface area contributed by atoms with Gasteiger partial charge >= 0.3 is 11.9 Å². The summed E-state index contributed by atoms with van der Waals surface area (Å²) in [6, 6.07) is 9.44. The summed E-state index contributed by atoms with van der Waals surface area (Å²) in [5.74, 6) is -2.43. The lowest BCUT2D eigenvalue weighted by Crippen LogP contribution is -2.31. The van der Waals surface area contributed by atoms with Crippen LogP contribution in [0.2, 0.25) is 0 Å². The van der Waals surface area contributed by atoms with Gasteiger partial charge in [0.25, 0.3) is 5.78 Å². The van der Waals surface area contributed by atoms with Gasteiger partial charge in [0.15, 0.2) is 0 Å². The van der Waals surface area contributed by atoms with Crippen LogP contribution in [-0.2, 0) is 23.9 Å². The van der Waals surface area contributed by atoms with E-state index in [1.807, 2.05) is 30.3 Å². The topological polar surface area (TPSA) is 69.7 Å². The van der Waals surface area contributed by atoms with E-state index in [4.69, 9.17) is 4.74 Å². The van der Waals surface area contributed by atoms with Crippen molar-refractivity contribution in [3.63, 3.8) is 0 Å². The summed E-state index contributed by atoms with van der Waals surface area (Å²) in [6.45, 7) is 0. The van der Waals surface area contributed by atoms with Crippen molar-refractivity contribution in [1.82, 2.24) is 0 Å². The van der Waals surface area contributed by atoms with E-state index in [0.29, 0.717) is 0 Å². The number of ether oxygens (including phenoxy) is 2. The number of esters is 2. The summed E-state index contributed by atoms with van der Waals surface area (Å²) in [4.78, 5) is 36.2. The molecule has 1 atom stereocenters. The van der Waals surface area contributed by atoms with Crippen LogP contribution in [-0.4, -0.2) is 37.2 Å². The van der Waals surface area contributed by atoms with Gasteiger partial charge in [-0.25, -0.2) is 4.79 Å². The molecule has 0 amide bonds. The quantitative estimate of drug-likeness (QED) is 0.624. The molecular formula is C16H14O5S. The molecule has 0 aromatic heterocycles. The summed E-state index contributed by atoms with van der Waals surface area (Å²) in [7, 11) is 2.36. The van der Waals surface area contributed by atoms with E-state index < -0.39 is 23.0 Å². The van der Waals surface area contributed by atoms with Crippen LogP contribution in [0.3, 0.4) is 0 Å². The second kappa shape index (κ2) is 7.09. The molecule has 114 valence electrons. The van der Waals surface area contributed by atoms with E-state index in [-0.39, 0.29) is 5.57 Å². The minimum Gasteiger partial charge on any atom is -0.468 e. The number of carbonyl (C=O) groups excluding carboxylic acids is 3. The molecule has 0 bridgehead atoms. The molecule has 0 aliphatic carbocycles. The molecule has 1 aromatic rings. The molecule has 0 fully saturated rings. The largest absolute Gasteiger partial charge is 0.468 e. The predicted molar refractivity (Wildman–Crippen MR) is 82.9 cm³/mol. The van der Waals surface area contributed by atoms with Crippen LogP contribution in [0.25, 0.3) is 4.91 Å². The number of allylic oxidation sites excluding steroid dienone is 2. The zero-order valence-electron chi connectivity index (χ0n) is 12.1. The number of hydrogen-bond acceptors (Lipinski definition) is 6. The second-order valence-electron chi connectivity index (χ2n) is 4.36. The summed E-state index contributed by atoms with van der Waals surface area (Å²) in [5.41, 5.74) is 0.977. The van der Waals surface area contributed by atoms with Crippen molar-refractivity contribution in [1.29, 1.82) is 0 Å². The van der Waals surface area contributed by atoms with Crippen molar-refractivity contribution in [2.75, 3.05) is 14.2 Å². The van der Waals surface area contributed by atoms with Crippen LogP contribution < -0.4 is 0 Å². The number of rotatable bonds is 4. The Morgan fingerprint density at radius 3 is 2.27 bits per heavy atom. The number of ketones is 1. The fourth-order valence-corrected chi connectivity index (χ4v) is 3.11. The van der Waals surface area contributed by atoms with Crippen LogP contribution in [0, 0.1) is 0 Å². The van der Waals surface area contributed by atoms with Gasteiger partial charge in [-0.2, -0.15) is 0 Å². The minimum atomic E-state index is -1.00. The third kappa shape index (κ3) is 3.28. The molecule has 6 heteroatoms. The van der Waals surface area contributed by atoms with Crippen molar-refractivity contribution >= 4 is 34.4 Å². The number of hydrogen-bond donors (Lipinski definition) is 0. The maximum absolute atomic E-state index is 12.0. The standard InChI is InChI=1S/C16H14O5S/c1-20-15(18)13(17)11-8-9-12(10-6-4-3-5-7-10)22-14(11)16(19)21-2/h3-9,14H,1-2H3. The Hall–Kier alpha value is -2.34. The van der Waals surface area contributed by atoms with Crippen LogP contribution in [0.1, 0.15) is 5.56 Å². The van der Waals surface area contributed by atoms with Gasteiger partial charge < -0.3 is 9.47 Å². The SMILES string of the molecule is COC(=O)C(=O)C1=CC=C(c2ccccc2)SC1C(=O)OC. The zero-order chi connectivity index (χ0) is 16.1. The summed E-state index contributed by atoms with van der Waals surface area (Å²) >= 11 is 1.17. The lowest BCUT2D eigenvalue weighted by atomic mass is 10.1. The van der Waals surface area contributed by atoms with Crippen LogP contribution in [0.15, 0.2) is 48.1 Å². The molecule has 0 saturated heterocycles. The van der Waals surface area contributed by atoms with Gasteiger partial charge in [0, 0.05) is 10.5 Å². The maximum Gasteiger partial charge on any atom is 0.379 e. The fraction of sp³-hybridized carbons (Fsp3) is 0.188. The highest BCUT2D eigenvalue weighted by atomic mass is 32.2. The van der Waals surface area contributed by atoms with Gasteiger partial charge in [-0.15, -0.1) is 11.8 Å². The Bertz CT molecular complexity index is 660. The van der Waals surface area contributed by atoms with E-state index in [9.17, 15) is 14.4 Å². The minimum absolute atomic E-state index is 0.0587. The van der Waals surface area contributed by atoms with Crippen molar-refractivity contribution in [2.45, 2.75) is 5.25 Å². The Morgan fingerprint density at radius 1 is 1.00 bits per heavy atom. The molecule has 0 radical (unpaired) electrons. The van der Waals surface area contributed by atoms with E-state index >= 15 is 0 Å². The number of methoxy groups -OCH3 is 2. The molecule has 0 N–H and O–H groups in total. The number of benzene rings is 1. The fourth-order valence-electron chi connectivity index (χ4n) is 1.94. The number of carbonyl (C=O) groups is 3. The Kier molecular flexibility index (Phi) is 5.16. The smallest absolute Gasteiger partial charge is 0.379 e. The lowest BCUT2D eigenvalue weighted by Gasteiger charge is -2.21. The molecule has 1 aliphatic rings. The lowest BCUT2D eigenvalue weighted by molar-refractivity contribution is -0.150. The molecule has 1 unspecified atom stereocenters. The second-order valence-corrected chi connectivity index (χ2v) is 5.51. The first-order chi connectivity index (χ1) is 10.6. The van der Waals surface area contributed by atoms with Gasteiger partial charge in [0.2, 0.25) is 0 Å². The normalized spacial score (nSPS) is 17.1. The summed E-state index contributed by atoms with van der Waals surface area (Å²) in [5, 5.41) is -0.892. The highest BCUT2D eigenvalue weighted by Gasteiger charge is 2.35. The molecule has 1 heterocycles. The average molecular weight is 318 g/mol. The molecule has 0 spiro atoms. The molecule has 2 rings (SSSR count). The van der Waals surface area contributed by atoms with E-state index in [0.717, 1.165) is 17.6 Å². The van der Waals surface area contributed by atoms with Crippen LogP contribution in [0.4, 0.5) is 0 Å². The van der Waals surface area contributed by atoms with E-state index in [1.54, 1.807) is 6.08 Å². The highest BCUT2D eigenvalue weighted by molar-refractivity contribution is 8.09. The molecule has 1 aromatic carbocycles. The van der Waals surface area contributed by atoms with Gasteiger partial charge in [-0.1, -0.05) is 36.4 Å². The Labute approximate surface area is 132 Å². The Balaban J connectivity index is 2.39. The molecule has 5 nitrogen and oxygen atoms in total. The number of Topliss-reactive ketones (excluding diaryl/α,β-unsaturated/α-hetero) is 1. The van der Waals surface area contributed by atoms with Gasteiger partial charge in [0.05, 0.1) is 14.2 Å². The van der Waals surface area contributed by atoms with Crippen LogP contribution >= 0.6 is 11.8 Å². The zero-order valence-corrected chi connectivity index (χ0v) is 12.9. The summed E-state index contributed by atoms with van der Waals surface area (Å²) < 4.78 is 9.16. The Morgan fingerprint density at radius 2 is 1.68 bits per heavy atom. The van der Waals surface area contributed by atoms with Gasteiger partial charge in [0.1, 0.15) is 5.25 Å². The number of thioether (sulfide) groups is 1. The first kappa shape index (κ1) is 16.0. The first-order valence-corrected chi connectivity index (χ1v) is 7.31. The highest BCUT2D eigenvalue weighted by Crippen LogP contribution is 2.38. The van der Waals surface area contributed by atoms with Crippen molar-refractivity contribution in [2.24, 2.45) is 0 Å². The molecular weight excluding hydrogens is 304 g/mol.